The van der Waals surface area contributed by atoms with Crippen LogP contribution in [-0.2, 0) is 27.9 Å². The minimum absolute atomic E-state index is 0.0672. The molecular formula is C23H20Cl4N2O3S. The van der Waals surface area contributed by atoms with Gasteiger partial charge in [-0.2, -0.15) is 4.31 Å². The van der Waals surface area contributed by atoms with Gasteiger partial charge in [-0.3, -0.25) is 4.79 Å². The molecule has 3 rings (SSSR count). The molecule has 0 aliphatic heterocycles. The van der Waals surface area contributed by atoms with E-state index in [0.717, 1.165) is 9.87 Å². The molecular weight excluding hydrogens is 526 g/mol. The Kier molecular flexibility index (Phi) is 8.67. The zero-order valence-electron chi connectivity index (χ0n) is 17.5. The van der Waals surface area contributed by atoms with Crippen LogP contribution in [-0.4, -0.2) is 25.2 Å². The smallest absolute Gasteiger partial charge is 0.243 e. The molecule has 0 saturated heterocycles. The van der Waals surface area contributed by atoms with E-state index in [1.807, 2.05) is 6.92 Å². The maximum absolute atomic E-state index is 13.4. The summed E-state index contributed by atoms with van der Waals surface area (Å²) in [6, 6.07) is 16.2. The lowest BCUT2D eigenvalue weighted by molar-refractivity contribution is -0.121. The molecule has 0 bridgehead atoms. The Bertz CT molecular complexity index is 1270. The third kappa shape index (κ3) is 6.85. The maximum Gasteiger partial charge on any atom is 0.243 e. The van der Waals surface area contributed by atoms with Gasteiger partial charge in [0.05, 0.1) is 21.5 Å². The highest BCUT2D eigenvalue weighted by Crippen LogP contribution is 2.25. The molecule has 0 heterocycles. The molecule has 0 spiro atoms. The summed E-state index contributed by atoms with van der Waals surface area (Å²) in [6.45, 7) is 1.52. The average Bonchev–Trinajstić information content (AvgIpc) is 2.75. The first-order valence-corrected chi connectivity index (χ1v) is 12.7. The minimum atomic E-state index is -3.98. The van der Waals surface area contributed by atoms with Gasteiger partial charge in [-0.05, 0) is 54.4 Å². The number of amides is 1. The molecule has 1 amide bonds. The van der Waals surface area contributed by atoms with Gasteiger partial charge in [-0.1, -0.05) is 76.2 Å². The van der Waals surface area contributed by atoms with E-state index in [9.17, 15) is 13.2 Å². The second-order valence-corrected chi connectivity index (χ2v) is 10.9. The molecule has 0 aromatic heterocycles. The second kappa shape index (κ2) is 11.1. The Balaban J connectivity index is 1.83. The van der Waals surface area contributed by atoms with Gasteiger partial charge in [0.2, 0.25) is 15.9 Å². The summed E-state index contributed by atoms with van der Waals surface area (Å²) in [7, 11) is -3.98. The molecule has 3 aromatic carbocycles. The number of rotatable bonds is 8. The minimum Gasteiger partial charge on any atom is -0.351 e. The highest BCUT2D eigenvalue weighted by molar-refractivity contribution is 7.89. The fraction of sp³-hybridized carbons (Fsp3) is 0.174. The van der Waals surface area contributed by atoms with E-state index in [1.54, 1.807) is 48.5 Å². The SMILES string of the molecule is Cc1ccc(S(=O)(=O)N(CC(=O)NCc2ccc(Cl)cc2Cl)Cc2ccc(Cl)c(Cl)c2)cc1. The predicted octanol–water partition coefficient (Wildman–Crippen LogP) is 6.12. The van der Waals surface area contributed by atoms with E-state index < -0.39 is 22.5 Å². The van der Waals surface area contributed by atoms with Crippen molar-refractivity contribution in [3.63, 3.8) is 0 Å². The lowest BCUT2D eigenvalue weighted by atomic mass is 10.2. The molecule has 174 valence electrons. The van der Waals surface area contributed by atoms with E-state index >= 15 is 0 Å². The summed E-state index contributed by atoms with van der Waals surface area (Å²) < 4.78 is 27.8. The van der Waals surface area contributed by atoms with Crippen molar-refractivity contribution in [2.45, 2.75) is 24.9 Å². The number of hydrogen-bond acceptors (Lipinski definition) is 3. The predicted molar refractivity (Wildman–Crippen MR) is 134 cm³/mol. The van der Waals surface area contributed by atoms with Crippen LogP contribution >= 0.6 is 46.4 Å². The molecule has 0 saturated carbocycles. The molecule has 1 N–H and O–H groups in total. The molecule has 0 aliphatic carbocycles. The number of benzene rings is 3. The van der Waals surface area contributed by atoms with Gasteiger partial charge < -0.3 is 5.32 Å². The quantitative estimate of drug-likeness (QED) is 0.371. The maximum atomic E-state index is 13.4. The highest BCUT2D eigenvalue weighted by Gasteiger charge is 2.27. The number of sulfonamides is 1. The normalized spacial score (nSPS) is 11.6. The second-order valence-electron chi connectivity index (χ2n) is 7.35. The van der Waals surface area contributed by atoms with E-state index in [-0.39, 0.29) is 18.0 Å². The van der Waals surface area contributed by atoms with Crippen LogP contribution in [0.3, 0.4) is 0 Å². The van der Waals surface area contributed by atoms with Crippen LogP contribution in [0.1, 0.15) is 16.7 Å². The van der Waals surface area contributed by atoms with Crippen LogP contribution in [0.5, 0.6) is 0 Å². The molecule has 33 heavy (non-hydrogen) atoms. The number of aryl methyl sites for hydroxylation is 1. The van der Waals surface area contributed by atoms with E-state index in [2.05, 4.69) is 5.32 Å². The number of carbonyl (C=O) groups excluding carboxylic acids is 1. The monoisotopic (exact) mass is 544 g/mol. The lowest BCUT2D eigenvalue weighted by Crippen LogP contribution is -2.40. The van der Waals surface area contributed by atoms with Crippen molar-refractivity contribution in [3.8, 4) is 0 Å². The molecule has 0 radical (unpaired) electrons. The van der Waals surface area contributed by atoms with Gasteiger partial charge in [-0.15, -0.1) is 0 Å². The summed E-state index contributed by atoms with van der Waals surface area (Å²) in [5.74, 6) is -0.489. The molecule has 3 aromatic rings. The van der Waals surface area contributed by atoms with Crippen LogP contribution in [0, 0.1) is 6.92 Å². The van der Waals surface area contributed by atoms with E-state index in [1.165, 1.54) is 12.1 Å². The topological polar surface area (TPSA) is 66.5 Å². The molecule has 0 aliphatic rings. The fourth-order valence-corrected chi connectivity index (χ4v) is 5.18. The lowest BCUT2D eigenvalue weighted by Gasteiger charge is -2.22. The first-order chi connectivity index (χ1) is 15.6. The molecule has 5 nitrogen and oxygen atoms in total. The Morgan fingerprint density at radius 2 is 1.58 bits per heavy atom. The van der Waals surface area contributed by atoms with Crippen LogP contribution in [0.2, 0.25) is 20.1 Å². The Hall–Kier alpha value is -1.80. The molecule has 0 atom stereocenters. The van der Waals surface area contributed by atoms with Crippen molar-refractivity contribution in [2.75, 3.05) is 6.54 Å². The van der Waals surface area contributed by atoms with E-state index in [0.29, 0.717) is 31.2 Å². The van der Waals surface area contributed by atoms with Crippen molar-refractivity contribution in [1.82, 2.24) is 9.62 Å². The first kappa shape index (κ1) is 25.8. The van der Waals surface area contributed by atoms with Gasteiger partial charge in [0.15, 0.2) is 0 Å². The van der Waals surface area contributed by atoms with Crippen LogP contribution < -0.4 is 5.32 Å². The van der Waals surface area contributed by atoms with Gasteiger partial charge in [-0.25, -0.2) is 8.42 Å². The van der Waals surface area contributed by atoms with Crippen molar-refractivity contribution in [1.29, 1.82) is 0 Å². The number of halogens is 4. The Morgan fingerprint density at radius 1 is 0.879 bits per heavy atom. The Labute approximate surface area is 213 Å². The van der Waals surface area contributed by atoms with Crippen LogP contribution in [0.15, 0.2) is 65.6 Å². The zero-order chi connectivity index (χ0) is 24.2. The summed E-state index contributed by atoms with van der Waals surface area (Å²) in [5.41, 5.74) is 2.17. The van der Waals surface area contributed by atoms with Gasteiger partial charge >= 0.3 is 0 Å². The largest absolute Gasteiger partial charge is 0.351 e. The van der Waals surface area contributed by atoms with Crippen LogP contribution in [0.4, 0.5) is 0 Å². The Morgan fingerprint density at radius 3 is 2.21 bits per heavy atom. The third-order valence-corrected chi connectivity index (χ3v) is 7.94. The van der Waals surface area contributed by atoms with Crippen molar-refractivity contribution in [3.05, 3.63) is 97.4 Å². The fourth-order valence-electron chi connectivity index (χ4n) is 3.00. The first-order valence-electron chi connectivity index (χ1n) is 9.77. The molecule has 0 fully saturated rings. The standard InChI is InChI=1S/C23H20Cl4N2O3S/c1-15-2-7-19(8-3-15)33(31,32)29(13-16-4-9-20(25)22(27)10-16)14-23(30)28-12-17-5-6-18(24)11-21(17)26/h2-11H,12-14H2,1H3,(H,28,30). The summed E-state index contributed by atoms with van der Waals surface area (Å²) >= 11 is 24.1. The van der Waals surface area contributed by atoms with E-state index in [4.69, 9.17) is 46.4 Å². The third-order valence-electron chi connectivity index (χ3n) is 4.81. The van der Waals surface area contributed by atoms with Crippen molar-refractivity contribution < 1.29 is 13.2 Å². The zero-order valence-corrected chi connectivity index (χ0v) is 21.3. The van der Waals surface area contributed by atoms with Crippen LogP contribution in [0.25, 0.3) is 0 Å². The van der Waals surface area contributed by atoms with Gasteiger partial charge in [0.1, 0.15) is 0 Å². The molecule has 0 unspecified atom stereocenters. The van der Waals surface area contributed by atoms with Gasteiger partial charge in [0, 0.05) is 23.1 Å². The summed E-state index contributed by atoms with van der Waals surface area (Å²) in [4.78, 5) is 12.8. The molecule has 10 heteroatoms. The number of hydrogen-bond donors (Lipinski definition) is 1. The number of nitrogens with zero attached hydrogens (tertiary/aromatic N) is 1. The van der Waals surface area contributed by atoms with Gasteiger partial charge in [0.25, 0.3) is 0 Å². The summed E-state index contributed by atoms with van der Waals surface area (Å²) in [5, 5.41) is 4.24. The number of carbonyl (C=O) groups is 1. The van der Waals surface area contributed by atoms with Crippen molar-refractivity contribution >= 4 is 62.3 Å². The summed E-state index contributed by atoms with van der Waals surface area (Å²) in [6.07, 6.45) is 0. The number of nitrogens with one attached hydrogen (secondary N) is 1. The average molecular weight is 546 g/mol. The van der Waals surface area contributed by atoms with Crippen molar-refractivity contribution in [2.24, 2.45) is 0 Å². The highest BCUT2D eigenvalue weighted by atomic mass is 35.5.